The van der Waals surface area contributed by atoms with Crippen LogP contribution in [0.2, 0.25) is 0 Å². The topological polar surface area (TPSA) is 69.6 Å². The van der Waals surface area contributed by atoms with Crippen molar-refractivity contribution in [1.82, 2.24) is 10.2 Å². The van der Waals surface area contributed by atoms with E-state index in [9.17, 15) is 9.59 Å². The van der Waals surface area contributed by atoms with Crippen LogP contribution in [0.4, 0.5) is 4.79 Å². The summed E-state index contributed by atoms with van der Waals surface area (Å²) in [7, 11) is 0. The van der Waals surface area contributed by atoms with Crippen molar-refractivity contribution in [2.24, 2.45) is 11.8 Å². The van der Waals surface area contributed by atoms with E-state index in [1.54, 1.807) is 0 Å². The van der Waals surface area contributed by atoms with Crippen molar-refractivity contribution >= 4 is 12.0 Å². The number of rotatable bonds is 8. The molecule has 0 spiro atoms. The first-order valence-corrected chi connectivity index (χ1v) is 9.41. The predicted octanol–water partition coefficient (Wildman–Crippen LogP) is 3.29. The van der Waals surface area contributed by atoms with Crippen LogP contribution in [0.15, 0.2) is 30.3 Å². The summed E-state index contributed by atoms with van der Waals surface area (Å²) in [5.74, 6) is 0.720. The maximum absolute atomic E-state index is 12.6. The van der Waals surface area contributed by atoms with Crippen LogP contribution in [-0.4, -0.2) is 41.1 Å². The third-order valence-corrected chi connectivity index (χ3v) is 5.30. The van der Waals surface area contributed by atoms with Gasteiger partial charge in [-0.1, -0.05) is 43.2 Å². The molecule has 5 heteroatoms. The van der Waals surface area contributed by atoms with Gasteiger partial charge in [-0.2, -0.15) is 0 Å². The lowest BCUT2D eigenvalue weighted by Crippen LogP contribution is -2.45. The van der Waals surface area contributed by atoms with Gasteiger partial charge in [0.25, 0.3) is 0 Å². The number of carboxylic acids is 1. The zero-order valence-electron chi connectivity index (χ0n) is 14.7. The number of carboxylic acid groups (broad SMARTS) is 1. The second-order valence-electron chi connectivity index (χ2n) is 7.55. The molecule has 2 fully saturated rings. The van der Waals surface area contributed by atoms with Crippen LogP contribution in [0.5, 0.6) is 0 Å². The summed E-state index contributed by atoms with van der Waals surface area (Å²) in [6, 6.07) is 9.74. The van der Waals surface area contributed by atoms with Gasteiger partial charge in [-0.3, -0.25) is 4.79 Å². The van der Waals surface area contributed by atoms with Gasteiger partial charge in [0.15, 0.2) is 0 Å². The third-order valence-electron chi connectivity index (χ3n) is 5.30. The molecular weight excluding hydrogens is 316 g/mol. The summed E-state index contributed by atoms with van der Waals surface area (Å²) in [6.45, 7) is 1.67. The molecule has 1 saturated heterocycles. The van der Waals surface area contributed by atoms with E-state index in [1.165, 1.54) is 19.3 Å². The first-order valence-electron chi connectivity index (χ1n) is 9.41. The highest BCUT2D eigenvalue weighted by Gasteiger charge is 2.32. The minimum Gasteiger partial charge on any atom is -0.481 e. The fourth-order valence-electron chi connectivity index (χ4n) is 3.72. The molecule has 0 aromatic heterocycles. The Balaban J connectivity index is 1.52. The summed E-state index contributed by atoms with van der Waals surface area (Å²) in [4.78, 5) is 25.4. The molecule has 1 aromatic carbocycles. The Morgan fingerprint density at radius 2 is 1.92 bits per heavy atom. The van der Waals surface area contributed by atoms with E-state index in [0.717, 1.165) is 31.0 Å². The van der Waals surface area contributed by atoms with E-state index < -0.39 is 5.97 Å². The molecule has 0 radical (unpaired) electrons. The first kappa shape index (κ1) is 17.8. The number of urea groups is 1. The number of nitrogens with one attached hydrogen (secondary N) is 1. The summed E-state index contributed by atoms with van der Waals surface area (Å²) >= 11 is 0. The average molecular weight is 344 g/mol. The number of hydrogen-bond acceptors (Lipinski definition) is 2. The van der Waals surface area contributed by atoms with E-state index in [0.29, 0.717) is 18.8 Å². The molecule has 2 aliphatic rings. The van der Waals surface area contributed by atoms with Crippen LogP contribution >= 0.6 is 0 Å². The van der Waals surface area contributed by atoms with E-state index in [4.69, 9.17) is 5.11 Å². The number of benzene rings is 1. The van der Waals surface area contributed by atoms with E-state index >= 15 is 0 Å². The average Bonchev–Trinajstić information content (AvgIpc) is 3.28. The predicted molar refractivity (Wildman–Crippen MR) is 96.4 cm³/mol. The van der Waals surface area contributed by atoms with E-state index in [2.05, 4.69) is 5.32 Å². The van der Waals surface area contributed by atoms with Gasteiger partial charge in [0.2, 0.25) is 0 Å². The number of likely N-dealkylation sites (tertiary alicyclic amines) is 1. The lowest BCUT2D eigenvalue weighted by molar-refractivity contribution is -0.137. The summed E-state index contributed by atoms with van der Waals surface area (Å²) < 4.78 is 0. The van der Waals surface area contributed by atoms with Gasteiger partial charge < -0.3 is 15.3 Å². The van der Waals surface area contributed by atoms with Gasteiger partial charge in [0, 0.05) is 25.6 Å². The molecule has 2 unspecified atom stereocenters. The van der Waals surface area contributed by atoms with Crippen molar-refractivity contribution in [2.45, 2.75) is 51.0 Å². The summed E-state index contributed by atoms with van der Waals surface area (Å²) in [6.07, 6.45) is 6.27. The molecule has 3 rings (SSSR count). The third kappa shape index (κ3) is 5.76. The van der Waals surface area contributed by atoms with Crippen LogP contribution in [-0.2, 0) is 11.2 Å². The Morgan fingerprint density at radius 3 is 2.60 bits per heavy atom. The number of aliphatic carboxylic acids is 1. The fourth-order valence-corrected chi connectivity index (χ4v) is 3.72. The second-order valence-corrected chi connectivity index (χ2v) is 7.55. The second kappa shape index (κ2) is 8.37. The number of nitrogens with zero attached hydrogens (tertiary/aromatic N) is 1. The van der Waals surface area contributed by atoms with Gasteiger partial charge in [0.05, 0.1) is 0 Å². The van der Waals surface area contributed by atoms with Crippen LogP contribution in [0, 0.1) is 11.8 Å². The Morgan fingerprint density at radius 1 is 1.16 bits per heavy atom. The molecule has 2 atom stereocenters. The van der Waals surface area contributed by atoms with Crippen LogP contribution in [0.3, 0.4) is 0 Å². The van der Waals surface area contributed by atoms with Crippen LogP contribution < -0.4 is 5.32 Å². The molecule has 1 aliphatic heterocycles. The first-order chi connectivity index (χ1) is 12.1. The fraction of sp³-hybridized carbons (Fsp3) is 0.600. The maximum Gasteiger partial charge on any atom is 0.317 e. The van der Waals surface area contributed by atoms with Crippen molar-refractivity contribution < 1.29 is 14.7 Å². The lowest BCUT2D eigenvalue weighted by atomic mass is 10.0. The zero-order valence-corrected chi connectivity index (χ0v) is 14.7. The molecule has 136 valence electrons. The van der Waals surface area contributed by atoms with Crippen molar-refractivity contribution in [3.05, 3.63) is 35.9 Å². The standard InChI is InChI=1S/C20H28N2O3/c23-19(24)9-8-18(13-15-4-2-1-3-5-15)21-20(25)22-11-10-17(14-22)12-16-6-7-16/h1-5,16-18H,6-14H2,(H,21,25)(H,23,24). The molecule has 25 heavy (non-hydrogen) atoms. The van der Waals surface area contributed by atoms with Gasteiger partial charge in [-0.15, -0.1) is 0 Å². The SMILES string of the molecule is O=C(O)CCC(Cc1ccccc1)NC(=O)N1CCC(CC2CC2)C1. The molecule has 1 aromatic rings. The number of hydrogen-bond donors (Lipinski definition) is 2. The van der Waals surface area contributed by atoms with Crippen molar-refractivity contribution in [3.8, 4) is 0 Å². The Bertz CT molecular complexity index is 586. The van der Waals surface area contributed by atoms with Gasteiger partial charge in [-0.05, 0) is 43.1 Å². The number of carbonyl (C=O) groups excluding carboxylic acids is 1. The zero-order chi connectivity index (χ0) is 17.6. The molecule has 2 N–H and O–H groups in total. The van der Waals surface area contributed by atoms with Crippen molar-refractivity contribution in [2.75, 3.05) is 13.1 Å². The van der Waals surface area contributed by atoms with Crippen LogP contribution in [0.25, 0.3) is 0 Å². The molecule has 0 bridgehead atoms. The summed E-state index contributed by atoms with van der Waals surface area (Å²) in [5.41, 5.74) is 1.12. The smallest absolute Gasteiger partial charge is 0.317 e. The van der Waals surface area contributed by atoms with Crippen molar-refractivity contribution in [1.29, 1.82) is 0 Å². The molecule has 5 nitrogen and oxygen atoms in total. The summed E-state index contributed by atoms with van der Waals surface area (Å²) in [5, 5.41) is 12.1. The van der Waals surface area contributed by atoms with Gasteiger partial charge in [0.1, 0.15) is 0 Å². The minimum atomic E-state index is -0.821. The quantitative estimate of drug-likeness (QED) is 0.760. The molecule has 1 saturated carbocycles. The normalized spacial score (nSPS) is 21.1. The molecular formula is C20H28N2O3. The minimum absolute atomic E-state index is 0.0374. The van der Waals surface area contributed by atoms with E-state index in [-0.39, 0.29) is 18.5 Å². The Hall–Kier alpha value is -2.04. The Kier molecular flexibility index (Phi) is 5.95. The maximum atomic E-state index is 12.6. The highest BCUT2D eigenvalue weighted by molar-refractivity contribution is 5.75. The van der Waals surface area contributed by atoms with Crippen LogP contribution in [0.1, 0.15) is 44.1 Å². The number of amides is 2. The van der Waals surface area contributed by atoms with E-state index in [1.807, 2.05) is 35.2 Å². The lowest BCUT2D eigenvalue weighted by Gasteiger charge is -2.23. The van der Waals surface area contributed by atoms with Crippen molar-refractivity contribution in [3.63, 3.8) is 0 Å². The molecule has 2 amide bonds. The highest BCUT2D eigenvalue weighted by Crippen LogP contribution is 2.37. The number of carbonyl (C=O) groups is 2. The van der Waals surface area contributed by atoms with Gasteiger partial charge >= 0.3 is 12.0 Å². The molecule has 1 heterocycles. The van der Waals surface area contributed by atoms with Gasteiger partial charge in [-0.25, -0.2) is 4.79 Å². The largest absolute Gasteiger partial charge is 0.481 e. The molecule has 1 aliphatic carbocycles. The monoisotopic (exact) mass is 344 g/mol. The Labute approximate surface area is 149 Å². The highest BCUT2D eigenvalue weighted by atomic mass is 16.4.